The zero-order valence-electron chi connectivity index (χ0n) is 19.0. The molecule has 0 bridgehead atoms. The first-order valence-electron chi connectivity index (χ1n) is 10.9. The molecule has 0 amide bonds. The summed E-state index contributed by atoms with van der Waals surface area (Å²) < 4.78 is 9.56. The van der Waals surface area contributed by atoms with E-state index >= 15 is 0 Å². The van der Waals surface area contributed by atoms with E-state index in [-0.39, 0.29) is 5.56 Å². The highest BCUT2D eigenvalue weighted by atomic mass is 35.5. The number of carbonyl (C=O) groups is 3. The first-order valence-corrected chi connectivity index (χ1v) is 11.3. The van der Waals surface area contributed by atoms with E-state index in [1.807, 2.05) is 12.1 Å². The van der Waals surface area contributed by atoms with Crippen LogP contribution in [0.5, 0.6) is 0 Å². The van der Waals surface area contributed by atoms with Crippen molar-refractivity contribution in [3.63, 3.8) is 0 Å². The standard InChI is InChI=1S/C18H26O5.C7H5ClO2/c1-3-8-14-10-11-16(17(19)20)15(13-14)9-6-5-7-12-23-18(21)22-4-2;8-6-3-1-5(2-4-6)7(9)10/h10-11,13H,3-9,12H2,1-2H3,(H,19,20);1-4H,(H,9,10). The van der Waals surface area contributed by atoms with Crippen LogP contribution in [0.2, 0.25) is 5.02 Å². The number of hydrogen-bond acceptors (Lipinski definition) is 5. The van der Waals surface area contributed by atoms with E-state index in [0.29, 0.717) is 23.8 Å². The van der Waals surface area contributed by atoms with Gasteiger partial charge >= 0.3 is 18.1 Å². The van der Waals surface area contributed by atoms with Crippen molar-refractivity contribution in [1.82, 2.24) is 0 Å². The molecule has 33 heavy (non-hydrogen) atoms. The summed E-state index contributed by atoms with van der Waals surface area (Å²) in [6, 6.07) is 11.6. The van der Waals surface area contributed by atoms with Gasteiger partial charge in [0.1, 0.15) is 0 Å². The summed E-state index contributed by atoms with van der Waals surface area (Å²) >= 11 is 5.52. The van der Waals surface area contributed by atoms with Crippen LogP contribution in [0.4, 0.5) is 4.79 Å². The Hall–Kier alpha value is -3.06. The van der Waals surface area contributed by atoms with Crippen LogP contribution in [-0.4, -0.2) is 41.5 Å². The predicted molar refractivity (Wildman–Crippen MR) is 126 cm³/mol. The van der Waals surface area contributed by atoms with E-state index in [1.165, 1.54) is 17.7 Å². The maximum atomic E-state index is 11.3. The molecule has 180 valence electrons. The summed E-state index contributed by atoms with van der Waals surface area (Å²) in [7, 11) is 0. The zero-order valence-corrected chi connectivity index (χ0v) is 19.8. The van der Waals surface area contributed by atoms with E-state index in [4.69, 9.17) is 21.4 Å². The minimum absolute atomic E-state index is 0.254. The molecule has 2 aromatic rings. The highest BCUT2D eigenvalue weighted by molar-refractivity contribution is 6.30. The number of ether oxygens (including phenoxy) is 2. The van der Waals surface area contributed by atoms with Crippen molar-refractivity contribution in [1.29, 1.82) is 0 Å². The Balaban J connectivity index is 0.000000451. The van der Waals surface area contributed by atoms with Crippen LogP contribution in [0.3, 0.4) is 0 Å². The Kier molecular flexibility index (Phi) is 13.3. The second-order valence-electron chi connectivity index (χ2n) is 7.20. The molecular weight excluding hydrogens is 448 g/mol. The Morgan fingerprint density at radius 3 is 2.12 bits per heavy atom. The van der Waals surface area contributed by atoms with E-state index in [1.54, 1.807) is 25.1 Å². The van der Waals surface area contributed by atoms with Crippen LogP contribution in [0.25, 0.3) is 0 Å². The molecule has 0 fully saturated rings. The third kappa shape index (κ3) is 11.4. The molecule has 0 atom stereocenters. The van der Waals surface area contributed by atoms with Crippen molar-refractivity contribution in [2.45, 2.75) is 52.4 Å². The summed E-state index contributed by atoms with van der Waals surface area (Å²) in [5.41, 5.74) is 2.70. The molecule has 0 saturated heterocycles. The van der Waals surface area contributed by atoms with Crippen molar-refractivity contribution < 1.29 is 34.1 Å². The lowest BCUT2D eigenvalue weighted by Gasteiger charge is -2.09. The van der Waals surface area contributed by atoms with Gasteiger partial charge in [0.15, 0.2) is 0 Å². The zero-order chi connectivity index (χ0) is 24.6. The minimum atomic E-state index is -0.934. The van der Waals surface area contributed by atoms with Gasteiger partial charge in [-0.05, 0) is 80.5 Å². The number of aryl methyl sites for hydroxylation is 2. The van der Waals surface area contributed by atoms with Gasteiger partial charge in [-0.3, -0.25) is 0 Å². The molecule has 0 heterocycles. The first-order chi connectivity index (χ1) is 15.8. The maximum Gasteiger partial charge on any atom is 0.508 e. The third-order valence-electron chi connectivity index (χ3n) is 4.60. The third-order valence-corrected chi connectivity index (χ3v) is 4.85. The molecule has 0 spiro atoms. The van der Waals surface area contributed by atoms with Crippen molar-refractivity contribution >= 4 is 29.7 Å². The largest absolute Gasteiger partial charge is 0.508 e. The number of carboxylic acids is 2. The van der Waals surface area contributed by atoms with Crippen LogP contribution in [0.15, 0.2) is 42.5 Å². The van der Waals surface area contributed by atoms with Gasteiger partial charge in [-0.2, -0.15) is 0 Å². The van der Waals surface area contributed by atoms with Crippen LogP contribution >= 0.6 is 11.6 Å². The smallest absolute Gasteiger partial charge is 0.478 e. The highest BCUT2D eigenvalue weighted by Crippen LogP contribution is 2.17. The molecule has 8 heteroatoms. The minimum Gasteiger partial charge on any atom is -0.478 e. The average molecular weight is 479 g/mol. The highest BCUT2D eigenvalue weighted by Gasteiger charge is 2.10. The second-order valence-corrected chi connectivity index (χ2v) is 7.64. The van der Waals surface area contributed by atoms with Crippen LogP contribution in [0, 0.1) is 0 Å². The number of halogens is 1. The van der Waals surface area contributed by atoms with E-state index in [0.717, 1.165) is 44.1 Å². The van der Waals surface area contributed by atoms with Gasteiger partial charge in [0, 0.05) is 5.02 Å². The number of rotatable bonds is 11. The average Bonchev–Trinajstić information content (AvgIpc) is 2.77. The molecule has 0 aliphatic rings. The quantitative estimate of drug-likeness (QED) is 0.289. The molecule has 2 aromatic carbocycles. The van der Waals surface area contributed by atoms with Crippen LogP contribution < -0.4 is 0 Å². The van der Waals surface area contributed by atoms with Gasteiger partial charge in [0.05, 0.1) is 24.3 Å². The van der Waals surface area contributed by atoms with E-state index < -0.39 is 18.1 Å². The maximum absolute atomic E-state index is 11.3. The number of carbonyl (C=O) groups excluding carboxylic acids is 1. The molecule has 0 unspecified atom stereocenters. The first kappa shape index (κ1) is 28.0. The van der Waals surface area contributed by atoms with Crippen molar-refractivity contribution in [2.24, 2.45) is 0 Å². The lowest BCUT2D eigenvalue weighted by atomic mass is 9.97. The number of carboxylic acid groups (broad SMARTS) is 2. The summed E-state index contributed by atoms with van der Waals surface area (Å²) in [5.74, 6) is -1.81. The van der Waals surface area contributed by atoms with Gasteiger partial charge in [-0.25, -0.2) is 14.4 Å². The van der Waals surface area contributed by atoms with Gasteiger partial charge in [0.2, 0.25) is 0 Å². The summed E-state index contributed by atoms with van der Waals surface area (Å²) in [6.45, 7) is 4.48. The number of aromatic carboxylic acids is 2. The Morgan fingerprint density at radius 1 is 0.848 bits per heavy atom. The summed E-state index contributed by atoms with van der Waals surface area (Å²) in [5, 5.41) is 18.2. The normalized spacial score (nSPS) is 10.0. The fourth-order valence-corrected chi connectivity index (χ4v) is 3.13. The Bertz CT molecular complexity index is 894. The van der Waals surface area contributed by atoms with Gasteiger partial charge in [0.25, 0.3) is 0 Å². The van der Waals surface area contributed by atoms with Crippen molar-refractivity contribution in [2.75, 3.05) is 13.2 Å². The molecule has 2 N–H and O–H groups in total. The monoisotopic (exact) mass is 478 g/mol. The fraction of sp³-hybridized carbons (Fsp3) is 0.400. The lowest BCUT2D eigenvalue weighted by molar-refractivity contribution is 0.0576. The molecule has 2 rings (SSSR count). The van der Waals surface area contributed by atoms with Crippen LogP contribution in [0.1, 0.15) is 71.4 Å². The predicted octanol–water partition coefficient (Wildman–Crippen LogP) is 6.26. The molecule has 0 aliphatic heterocycles. The fourth-order valence-electron chi connectivity index (χ4n) is 3.01. The summed E-state index contributed by atoms with van der Waals surface area (Å²) in [4.78, 5) is 32.6. The Morgan fingerprint density at radius 2 is 1.55 bits per heavy atom. The van der Waals surface area contributed by atoms with Gasteiger partial charge in [-0.1, -0.05) is 37.1 Å². The number of benzene rings is 2. The number of unbranched alkanes of at least 4 members (excludes halogenated alkanes) is 2. The topological polar surface area (TPSA) is 110 Å². The molecule has 0 aliphatic carbocycles. The number of hydrogen-bond donors (Lipinski definition) is 2. The van der Waals surface area contributed by atoms with E-state index in [9.17, 15) is 19.5 Å². The van der Waals surface area contributed by atoms with E-state index in [2.05, 4.69) is 11.7 Å². The van der Waals surface area contributed by atoms with Gasteiger partial charge < -0.3 is 19.7 Å². The van der Waals surface area contributed by atoms with Crippen molar-refractivity contribution in [3.8, 4) is 0 Å². The van der Waals surface area contributed by atoms with Gasteiger partial charge in [-0.15, -0.1) is 0 Å². The molecule has 0 radical (unpaired) electrons. The molecule has 0 aromatic heterocycles. The SMILES string of the molecule is CCCc1ccc(C(=O)O)c(CCCCCOC(=O)OCC)c1.O=C(O)c1ccc(Cl)cc1. The van der Waals surface area contributed by atoms with Crippen molar-refractivity contribution in [3.05, 3.63) is 69.7 Å². The molecule has 0 saturated carbocycles. The van der Waals surface area contributed by atoms with Crippen LogP contribution in [-0.2, 0) is 22.3 Å². The lowest BCUT2D eigenvalue weighted by Crippen LogP contribution is -2.08. The second kappa shape index (κ2) is 15.7. The Labute approximate surface area is 199 Å². The molecule has 7 nitrogen and oxygen atoms in total. The molecular formula is C25H31ClO7. The summed E-state index contributed by atoms with van der Waals surface area (Å²) in [6.07, 6.45) is 4.57.